The molecule has 4 saturated carbocycles. The highest BCUT2D eigenvalue weighted by Gasteiger charge is 2.80. The van der Waals surface area contributed by atoms with Crippen molar-refractivity contribution in [3.63, 3.8) is 0 Å². The molecule has 10 rings (SSSR count). The van der Waals surface area contributed by atoms with Crippen LogP contribution in [0.15, 0.2) is 83.0 Å². The molecule has 6 aliphatic carbocycles. The Hall–Kier alpha value is -5.58. The Labute approximate surface area is 490 Å². The average Bonchev–Trinajstić information content (AvgIpc) is 1.14. The van der Waals surface area contributed by atoms with Crippen LogP contribution in [0.3, 0.4) is 0 Å². The van der Waals surface area contributed by atoms with Crippen LogP contribution in [0, 0.1) is 45.3 Å². The van der Waals surface area contributed by atoms with Gasteiger partial charge in [-0.1, -0.05) is 97.4 Å². The molecule has 0 amide bonds. The number of rotatable bonds is 8. The van der Waals surface area contributed by atoms with E-state index in [1.807, 2.05) is 41.5 Å². The Morgan fingerprint density at radius 3 is 1.32 bits per heavy atom. The third kappa shape index (κ3) is 9.28. The number of allylic oxidation sites excluding steroid dienone is 1. The molecule has 2 aliphatic heterocycles. The van der Waals surface area contributed by atoms with Gasteiger partial charge in [-0.25, -0.2) is 9.59 Å². The van der Waals surface area contributed by atoms with Gasteiger partial charge in [0.15, 0.2) is 23.4 Å². The van der Waals surface area contributed by atoms with Gasteiger partial charge in [0.25, 0.3) is 0 Å². The summed E-state index contributed by atoms with van der Waals surface area (Å²) in [5, 5.41) is 73.8. The van der Waals surface area contributed by atoms with Crippen LogP contribution in [0.25, 0.3) is 0 Å². The van der Waals surface area contributed by atoms with Gasteiger partial charge in [-0.2, -0.15) is 0 Å². The quantitative estimate of drug-likeness (QED) is 0.109. The lowest BCUT2D eigenvalue weighted by Crippen LogP contribution is -2.82. The van der Waals surface area contributed by atoms with Crippen molar-refractivity contribution in [2.45, 2.75) is 206 Å². The summed E-state index contributed by atoms with van der Waals surface area (Å²) in [6.45, 7) is 22.8. The Morgan fingerprint density at radius 2 is 0.917 bits per heavy atom. The molecule has 8 aliphatic rings. The normalized spacial score (nSPS) is 42.1. The molecule has 2 aromatic rings. The largest absolute Gasteiger partial charge is 0.455 e. The molecule has 20 nitrogen and oxygen atoms in total. The maximum Gasteiger partial charge on any atom is 0.338 e. The van der Waals surface area contributed by atoms with Gasteiger partial charge in [0.1, 0.15) is 47.8 Å². The number of aliphatic hydroxyl groups excluding tert-OH is 4. The van der Waals surface area contributed by atoms with Crippen molar-refractivity contribution in [2.75, 3.05) is 13.2 Å². The lowest BCUT2D eigenvalue weighted by atomic mass is 9.42. The van der Waals surface area contributed by atoms with Crippen LogP contribution in [-0.2, 0) is 57.1 Å². The number of fused-ring (bicyclic) bond motifs is 10. The molecule has 20 atom stereocenters. The summed E-state index contributed by atoms with van der Waals surface area (Å²) < 4.78 is 48.3. The Balaban J connectivity index is 0.000000202. The lowest BCUT2D eigenvalue weighted by Gasteiger charge is -2.69. The van der Waals surface area contributed by atoms with Gasteiger partial charge in [-0.05, 0) is 79.5 Å². The molecule has 2 heterocycles. The van der Waals surface area contributed by atoms with E-state index in [4.69, 9.17) is 37.9 Å². The van der Waals surface area contributed by atoms with Crippen molar-refractivity contribution < 1.29 is 97.3 Å². The van der Waals surface area contributed by atoms with E-state index in [1.165, 1.54) is 27.7 Å². The van der Waals surface area contributed by atoms with E-state index in [0.717, 1.165) is 5.57 Å². The first kappa shape index (κ1) is 62.9. The Kier molecular flexibility index (Phi) is 16.2. The molecule has 2 saturated heterocycles. The van der Waals surface area contributed by atoms with Crippen molar-refractivity contribution in [3.8, 4) is 0 Å². The van der Waals surface area contributed by atoms with Crippen LogP contribution in [0.1, 0.15) is 143 Å². The number of aliphatic hydroxyl groups is 6. The van der Waals surface area contributed by atoms with Gasteiger partial charge < -0.3 is 68.5 Å². The molecule has 84 heavy (non-hydrogen) atoms. The van der Waals surface area contributed by atoms with E-state index in [-0.39, 0.29) is 55.4 Å². The van der Waals surface area contributed by atoms with E-state index < -0.39 is 153 Å². The number of esters is 6. The number of ether oxygens (including phenoxy) is 8. The number of carbonyl (C=O) groups excluding carboxylic acids is 6. The minimum absolute atomic E-state index is 0.0162. The van der Waals surface area contributed by atoms with Crippen molar-refractivity contribution in [3.05, 3.63) is 94.1 Å². The summed E-state index contributed by atoms with van der Waals surface area (Å²) in [7, 11) is 0. The van der Waals surface area contributed by atoms with Crippen LogP contribution in [-0.4, -0.2) is 163 Å². The number of hydrogen-bond donors (Lipinski definition) is 6. The predicted octanol–water partition coefficient (Wildman–Crippen LogP) is 5.44. The van der Waals surface area contributed by atoms with Crippen molar-refractivity contribution >= 4 is 35.8 Å². The molecule has 0 spiro atoms. The highest BCUT2D eigenvalue weighted by Crippen LogP contribution is 2.68. The topological polar surface area (TPSA) is 298 Å². The lowest BCUT2D eigenvalue weighted by molar-refractivity contribution is -0.365. The monoisotopic (exact) mass is 1170 g/mol. The van der Waals surface area contributed by atoms with Gasteiger partial charge in [0.05, 0.1) is 48.4 Å². The van der Waals surface area contributed by atoms with Crippen molar-refractivity contribution in [1.29, 1.82) is 0 Å². The second-order valence-electron chi connectivity index (χ2n) is 26.7. The van der Waals surface area contributed by atoms with E-state index in [0.29, 0.717) is 23.1 Å². The highest BCUT2D eigenvalue weighted by molar-refractivity contribution is 5.90. The minimum Gasteiger partial charge on any atom is -0.455 e. The zero-order valence-electron chi connectivity index (χ0n) is 50.5. The number of benzene rings is 2. The SMILES string of the molecule is CC(=O)O[C@H]1C2=C(C)[C@@H](C)C[C@@](O)([C@@H](OC(=O)c3ccccc3)[C@@H]3[C@]4(OC(C)=O)CO[C@@H]4C[C@H](C)[C@@]3(C)[C@H]1O)C2(C)C.CC(=O)O[C@H]1C2=C(C)[C@@H](O)C[C@@](O)([C@@H](OC(=O)c3ccccc3)[C@@H]3[C@]4(OC(C)=O)CO[C@@H]4C[C@H](O)[C@@]3(C)[C@H]1O)C2(C)C. The molecule has 0 radical (unpaired) electrons. The maximum atomic E-state index is 13.8. The fourth-order valence-electron chi connectivity index (χ4n) is 16.9. The molecule has 6 N–H and O–H groups in total. The summed E-state index contributed by atoms with van der Waals surface area (Å²) in [6.07, 6.45) is -11.8. The number of carbonyl (C=O) groups is 6. The summed E-state index contributed by atoms with van der Waals surface area (Å²) in [6, 6.07) is 16.7. The molecular formula is C64H84O20. The fraction of sp³-hybridized carbons (Fsp3) is 0.656. The van der Waals surface area contributed by atoms with Crippen molar-refractivity contribution in [1.82, 2.24) is 0 Å². The third-order valence-electron chi connectivity index (χ3n) is 21.7. The van der Waals surface area contributed by atoms with Gasteiger partial charge in [0, 0.05) is 62.2 Å². The molecule has 460 valence electrons. The summed E-state index contributed by atoms with van der Waals surface area (Å²) >= 11 is 0. The third-order valence-corrected chi connectivity index (χ3v) is 21.7. The van der Waals surface area contributed by atoms with Crippen LogP contribution < -0.4 is 0 Å². The minimum atomic E-state index is -2.07. The second-order valence-corrected chi connectivity index (χ2v) is 26.7. The smallest absolute Gasteiger partial charge is 0.338 e. The molecule has 0 unspecified atom stereocenters. The zero-order chi connectivity index (χ0) is 62.0. The van der Waals surface area contributed by atoms with E-state index in [1.54, 1.807) is 88.4 Å². The summed E-state index contributed by atoms with van der Waals surface area (Å²) in [4.78, 5) is 77.8. The molecule has 2 aromatic carbocycles. The van der Waals surface area contributed by atoms with Crippen LogP contribution >= 0.6 is 0 Å². The summed E-state index contributed by atoms with van der Waals surface area (Å²) in [5.41, 5.74) is -9.29. The average molecular weight is 1170 g/mol. The van der Waals surface area contributed by atoms with Gasteiger partial charge >= 0.3 is 35.8 Å². The van der Waals surface area contributed by atoms with Crippen LogP contribution in [0.5, 0.6) is 0 Å². The zero-order valence-corrected chi connectivity index (χ0v) is 50.5. The van der Waals surface area contributed by atoms with Crippen LogP contribution in [0.4, 0.5) is 0 Å². The Bertz CT molecular complexity index is 2810. The van der Waals surface area contributed by atoms with Crippen molar-refractivity contribution in [2.24, 2.45) is 45.3 Å². The van der Waals surface area contributed by atoms with E-state index in [2.05, 4.69) is 0 Å². The highest BCUT2D eigenvalue weighted by atomic mass is 16.6. The molecule has 6 fully saturated rings. The molecule has 4 bridgehead atoms. The second kappa shape index (κ2) is 21.7. The van der Waals surface area contributed by atoms with Crippen LogP contribution in [0.2, 0.25) is 0 Å². The molecular weight excluding hydrogens is 1090 g/mol. The number of hydrogen-bond acceptors (Lipinski definition) is 20. The molecule has 0 aromatic heterocycles. The van der Waals surface area contributed by atoms with Gasteiger partial charge in [-0.15, -0.1) is 0 Å². The first-order valence-electron chi connectivity index (χ1n) is 29.1. The Morgan fingerprint density at radius 1 is 0.524 bits per heavy atom. The van der Waals surface area contributed by atoms with E-state index in [9.17, 15) is 59.4 Å². The first-order chi connectivity index (χ1) is 39.0. The first-order valence-corrected chi connectivity index (χ1v) is 29.1. The standard InChI is InChI=1S/C33H44O9.C31H40O11/c1-17-15-33(38)28(41-29(37)22-12-10-9-11-13-22)26-31(8,18(2)14-23-32(26,16-39-23)42-21(5)35)27(36)25(40-20(4)34)24(19(17)3)30(33,6)7;1-15-19(34)13-31(38)26(41-27(37)18-10-8-7-9-11-18)24-29(6,20(35)12-21-30(24,14-39-21)42-17(3)33)25(36)23(40-16(2)32)22(15)28(31,4)5/h9-13,17-18,23,25-28,36,38H,14-16H2,1-8H3;7-11,19-21,23-26,34-36,38H,12-14H2,1-6H3/t17-,18-,23+,25-,26-,27-,28-,31+,32-,33+;19-,20-,21+,23-,24-,25-,26-,29+,30-,31+/m00/s1. The maximum absolute atomic E-state index is 13.8. The fourth-order valence-corrected chi connectivity index (χ4v) is 16.9. The summed E-state index contributed by atoms with van der Waals surface area (Å²) in [5.74, 6) is -6.58. The van der Waals surface area contributed by atoms with Gasteiger partial charge in [-0.3, -0.25) is 19.2 Å². The predicted molar refractivity (Wildman–Crippen MR) is 298 cm³/mol. The molecule has 20 heteroatoms. The van der Waals surface area contributed by atoms with E-state index >= 15 is 0 Å². The van der Waals surface area contributed by atoms with Gasteiger partial charge in [0.2, 0.25) is 0 Å².